The molecule has 0 aliphatic carbocycles. The van der Waals surface area contributed by atoms with Crippen LogP contribution in [0.4, 0.5) is 0 Å². The van der Waals surface area contributed by atoms with Crippen LogP contribution >= 0.6 is 0 Å². The molecule has 3 heteroatoms. The van der Waals surface area contributed by atoms with Gasteiger partial charge in [0.25, 0.3) is 0 Å². The molecule has 2 rings (SSSR count). The highest BCUT2D eigenvalue weighted by atomic mass is 16.1. The molecule has 0 unspecified atom stereocenters. The predicted molar refractivity (Wildman–Crippen MR) is 68.9 cm³/mol. The van der Waals surface area contributed by atoms with Crippen LogP contribution < -0.4 is 5.32 Å². The summed E-state index contributed by atoms with van der Waals surface area (Å²) in [5, 5.41) is 3.96. The Morgan fingerprint density at radius 3 is 2.94 bits per heavy atom. The third-order valence-electron chi connectivity index (χ3n) is 2.67. The van der Waals surface area contributed by atoms with Gasteiger partial charge in [-0.15, -0.1) is 0 Å². The maximum atomic E-state index is 10.8. The molecule has 17 heavy (non-hydrogen) atoms. The highest BCUT2D eigenvalue weighted by Crippen LogP contribution is 2.15. The molecule has 3 nitrogen and oxygen atoms in total. The van der Waals surface area contributed by atoms with Gasteiger partial charge < -0.3 is 5.32 Å². The second-order valence-corrected chi connectivity index (χ2v) is 4.27. The number of aromatic nitrogens is 1. The Labute approximate surface area is 101 Å². The van der Waals surface area contributed by atoms with E-state index in [1.54, 1.807) is 0 Å². The van der Waals surface area contributed by atoms with E-state index in [-0.39, 0.29) is 5.91 Å². The minimum absolute atomic E-state index is 0.0169. The molecule has 0 saturated heterocycles. The number of pyridine rings is 1. The molecule has 1 heterocycles. The first-order chi connectivity index (χ1) is 8.15. The number of hydrogen-bond donors (Lipinski definition) is 1. The van der Waals surface area contributed by atoms with Crippen LogP contribution in [0.1, 0.15) is 18.1 Å². The highest BCUT2D eigenvalue weighted by molar-refractivity contribution is 5.79. The molecule has 0 saturated carbocycles. The number of nitrogens with one attached hydrogen (secondary N) is 1. The number of fused-ring (bicyclic) bond motifs is 1. The van der Waals surface area contributed by atoms with Crippen molar-refractivity contribution >= 4 is 16.8 Å². The summed E-state index contributed by atoms with van der Waals surface area (Å²) in [6.07, 6.45) is 2.72. The Bertz CT molecular complexity index is 549. The quantitative estimate of drug-likeness (QED) is 0.875. The Balaban J connectivity index is 2.16. The topological polar surface area (TPSA) is 42.0 Å². The van der Waals surface area contributed by atoms with E-state index in [2.05, 4.69) is 28.5 Å². The summed E-state index contributed by atoms with van der Waals surface area (Å²) in [4.78, 5) is 15.1. The van der Waals surface area contributed by atoms with Crippen LogP contribution in [0.5, 0.6) is 0 Å². The molecule has 2 aromatic rings. The van der Waals surface area contributed by atoms with Crippen LogP contribution in [-0.2, 0) is 11.2 Å². The number of nitrogens with zero attached hydrogens (tertiary/aromatic N) is 1. The summed E-state index contributed by atoms with van der Waals surface area (Å²) in [5.41, 5.74) is 3.40. The number of rotatable bonds is 3. The lowest BCUT2D eigenvalue weighted by molar-refractivity contribution is -0.118. The van der Waals surface area contributed by atoms with Gasteiger partial charge in [-0.2, -0.15) is 0 Å². The Morgan fingerprint density at radius 1 is 1.35 bits per heavy atom. The number of benzene rings is 1. The lowest BCUT2D eigenvalue weighted by Crippen LogP contribution is -2.22. The first-order valence-electron chi connectivity index (χ1n) is 5.75. The zero-order valence-corrected chi connectivity index (χ0v) is 10.2. The fraction of sp³-hybridized carbons (Fsp3) is 0.286. The SMILES string of the molecule is CC(=O)NCCc1ccc2ncc(C)cc2c1. The van der Waals surface area contributed by atoms with Gasteiger partial charge in [0.15, 0.2) is 0 Å². The van der Waals surface area contributed by atoms with Crippen molar-refractivity contribution < 1.29 is 4.79 Å². The van der Waals surface area contributed by atoms with Crippen LogP contribution in [0, 0.1) is 6.92 Å². The van der Waals surface area contributed by atoms with E-state index < -0.39 is 0 Å². The third-order valence-corrected chi connectivity index (χ3v) is 2.67. The molecular formula is C14H16N2O. The lowest BCUT2D eigenvalue weighted by Gasteiger charge is -2.04. The van der Waals surface area contributed by atoms with Crippen molar-refractivity contribution in [2.75, 3.05) is 6.54 Å². The minimum Gasteiger partial charge on any atom is -0.356 e. The van der Waals surface area contributed by atoms with Crippen LogP contribution in [0.25, 0.3) is 10.9 Å². The van der Waals surface area contributed by atoms with Crippen molar-refractivity contribution in [1.82, 2.24) is 10.3 Å². The summed E-state index contributed by atoms with van der Waals surface area (Å²) in [6.45, 7) is 4.25. The molecule has 0 bridgehead atoms. The van der Waals surface area contributed by atoms with Crippen LogP contribution in [0.2, 0.25) is 0 Å². The van der Waals surface area contributed by atoms with Crippen molar-refractivity contribution in [2.45, 2.75) is 20.3 Å². The minimum atomic E-state index is 0.0169. The van der Waals surface area contributed by atoms with Gasteiger partial charge in [0.1, 0.15) is 0 Å². The van der Waals surface area contributed by atoms with Gasteiger partial charge in [-0.1, -0.05) is 6.07 Å². The second-order valence-electron chi connectivity index (χ2n) is 4.27. The number of amides is 1. The zero-order valence-electron chi connectivity index (χ0n) is 10.2. The molecule has 1 aromatic carbocycles. The summed E-state index contributed by atoms with van der Waals surface area (Å²) >= 11 is 0. The maximum Gasteiger partial charge on any atom is 0.216 e. The van der Waals surface area contributed by atoms with Crippen LogP contribution in [0.3, 0.4) is 0 Å². The Kier molecular flexibility index (Phi) is 3.38. The van der Waals surface area contributed by atoms with Gasteiger partial charge in [0.05, 0.1) is 5.52 Å². The van der Waals surface area contributed by atoms with Gasteiger partial charge in [0.2, 0.25) is 5.91 Å². The monoisotopic (exact) mass is 228 g/mol. The average molecular weight is 228 g/mol. The number of hydrogen-bond acceptors (Lipinski definition) is 2. The summed E-state index contributed by atoms with van der Waals surface area (Å²) < 4.78 is 0. The normalized spacial score (nSPS) is 10.5. The van der Waals surface area contributed by atoms with E-state index in [0.29, 0.717) is 6.54 Å². The first-order valence-corrected chi connectivity index (χ1v) is 5.75. The fourth-order valence-corrected chi connectivity index (χ4v) is 1.83. The van der Waals surface area contributed by atoms with Crippen molar-refractivity contribution in [3.05, 3.63) is 41.6 Å². The van der Waals surface area contributed by atoms with E-state index in [4.69, 9.17) is 0 Å². The van der Waals surface area contributed by atoms with Gasteiger partial charge in [-0.05, 0) is 42.7 Å². The standard InChI is InChI=1S/C14H16N2O/c1-10-7-13-8-12(5-6-15-11(2)17)3-4-14(13)16-9-10/h3-4,7-9H,5-6H2,1-2H3,(H,15,17). The lowest BCUT2D eigenvalue weighted by atomic mass is 10.1. The molecule has 0 spiro atoms. The molecule has 0 aliphatic rings. The van der Waals surface area contributed by atoms with Crippen LogP contribution in [0.15, 0.2) is 30.5 Å². The molecule has 0 fully saturated rings. The van der Waals surface area contributed by atoms with Gasteiger partial charge in [0, 0.05) is 25.1 Å². The van der Waals surface area contributed by atoms with E-state index in [0.717, 1.165) is 22.9 Å². The molecular weight excluding hydrogens is 212 g/mol. The van der Waals surface area contributed by atoms with Crippen LogP contribution in [-0.4, -0.2) is 17.4 Å². The molecule has 88 valence electrons. The highest BCUT2D eigenvalue weighted by Gasteiger charge is 1.99. The van der Waals surface area contributed by atoms with E-state index >= 15 is 0 Å². The number of carbonyl (C=O) groups excluding carboxylic acids is 1. The largest absolute Gasteiger partial charge is 0.356 e. The molecule has 1 amide bonds. The first kappa shape index (κ1) is 11.6. The predicted octanol–water partition coefficient (Wildman–Crippen LogP) is 2.22. The molecule has 1 N–H and O–H groups in total. The zero-order chi connectivity index (χ0) is 12.3. The maximum absolute atomic E-state index is 10.8. The van der Waals surface area contributed by atoms with E-state index in [9.17, 15) is 4.79 Å². The summed E-state index contributed by atoms with van der Waals surface area (Å²) in [5.74, 6) is 0.0169. The average Bonchev–Trinajstić information content (AvgIpc) is 2.28. The Hall–Kier alpha value is -1.90. The smallest absolute Gasteiger partial charge is 0.216 e. The Morgan fingerprint density at radius 2 is 2.18 bits per heavy atom. The number of carbonyl (C=O) groups is 1. The van der Waals surface area contributed by atoms with Gasteiger partial charge in [-0.3, -0.25) is 9.78 Å². The van der Waals surface area contributed by atoms with Crippen molar-refractivity contribution in [3.8, 4) is 0 Å². The van der Waals surface area contributed by atoms with Crippen molar-refractivity contribution in [2.24, 2.45) is 0 Å². The summed E-state index contributed by atoms with van der Waals surface area (Å²) in [7, 11) is 0. The molecule has 0 radical (unpaired) electrons. The number of aryl methyl sites for hydroxylation is 1. The second kappa shape index (κ2) is 4.95. The fourth-order valence-electron chi connectivity index (χ4n) is 1.83. The van der Waals surface area contributed by atoms with Gasteiger partial charge >= 0.3 is 0 Å². The molecule has 1 aromatic heterocycles. The van der Waals surface area contributed by atoms with E-state index in [1.165, 1.54) is 12.5 Å². The third kappa shape index (κ3) is 3.03. The molecule has 0 atom stereocenters. The molecule has 0 aliphatic heterocycles. The van der Waals surface area contributed by atoms with Gasteiger partial charge in [-0.25, -0.2) is 0 Å². The summed E-state index contributed by atoms with van der Waals surface area (Å²) in [6, 6.07) is 8.35. The van der Waals surface area contributed by atoms with Crippen molar-refractivity contribution in [3.63, 3.8) is 0 Å². The van der Waals surface area contributed by atoms with Crippen molar-refractivity contribution in [1.29, 1.82) is 0 Å². The van der Waals surface area contributed by atoms with E-state index in [1.807, 2.05) is 19.2 Å².